The van der Waals surface area contributed by atoms with Gasteiger partial charge in [0, 0.05) is 0 Å². The molecule has 2 amide bonds. The highest BCUT2D eigenvalue weighted by Gasteiger charge is 2.41. The minimum Gasteiger partial charge on any atom is -0.363 e. The van der Waals surface area contributed by atoms with E-state index >= 15 is 0 Å². The molecule has 2 aromatic carbocycles. The maximum Gasteiger partial charge on any atom is 0.295 e. The van der Waals surface area contributed by atoms with Gasteiger partial charge in [-0.25, -0.2) is 9.29 Å². The van der Waals surface area contributed by atoms with Crippen molar-refractivity contribution in [3.8, 4) is 0 Å². The molecule has 6 heteroatoms. The number of imide groups is 1. The quantitative estimate of drug-likeness (QED) is 0.936. The smallest absolute Gasteiger partial charge is 0.295 e. The summed E-state index contributed by atoms with van der Waals surface area (Å²) in [6.07, 6.45) is 0. The Labute approximate surface area is 131 Å². The van der Waals surface area contributed by atoms with Gasteiger partial charge >= 0.3 is 0 Å². The van der Waals surface area contributed by atoms with Crippen LogP contribution >= 0.6 is 11.8 Å². The van der Waals surface area contributed by atoms with Crippen molar-refractivity contribution in [1.29, 1.82) is 0 Å². The highest BCUT2D eigenvalue weighted by atomic mass is 32.2. The summed E-state index contributed by atoms with van der Waals surface area (Å²) in [5.41, 5.74) is 1.68. The van der Waals surface area contributed by atoms with Crippen molar-refractivity contribution in [2.45, 2.75) is 12.3 Å². The Morgan fingerprint density at radius 2 is 1.91 bits per heavy atom. The van der Waals surface area contributed by atoms with E-state index in [-0.39, 0.29) is 10.9 Å². The number of rotatable bonds is 3. The van der Waals surface area contributed by atoms with E-state index in [2.05, 4.69) is 5.32 Å². The van der Waals surface area contributed by atoms with Crippen LogP contribution in [0, 0.1) is 12.7 Å². The van der Waals surface area contributed by atoms with Gasteiger partial charge in [-0.15, -0.1) is 0 Å². The molecule has 1 aliphatic rings. The number of para-hydroxylation sites is 1. The Morgan fingerprint density at radius 1 is 1.14 bits per heavy atom. The summed E-state index contributed by atoms with van der Waals surface area (Å²) < 4.78 is 13.7. The van der Waals surface area contributed by atoms with Crippen LogP contribution in [-0.2, 0) is 4.79 Å². The van der Waals surface area contributed by atoms with E-state index in [0.29, 0.717) is 5.69 Å². The number of anilines is 2. The van der Waals surface area contributed by atoms with Crippen molar-refractivity contribution >= 4 is 34.3 Å². The van der Waals surface area contributed by atoms with Crippen LogP contribution in [0.5, 0.6) is 0 Å². The number of carbonyl (C=O) groups is 2. The molecule has 2 aromatic rings. The van der Waals surface area contributed by atoms with Gasteiger partial charge in [0.2, 0.25) is 0 Å². The average molecular weight is 316 g/mol. The molecule has 0 aliphatic carbocycles. The Kier molecular flexibility index (Phi) is 3.85. The summed E-state index contributed by atoms with van der Waals surface area (Å²) in [6, 6.07) is 13.2. The molecule has 0 aromatic heterocycles. The third-order valence-corrected chi connectivity index (χ3v) is 4.21. The first-order valence-corrected chi connectivity index (χ1v) is 7.56. The molecule has 112 valence electrons. The standard InChI is InChI=1S/C16H13FN2O2S/c1-10-5-4-6-11(9-10)19-15(20)14(22-16(19)21)18-13-8-3-2-7-12(13)17/h2-9,14,18H,1H3/t14-/m0/s1. The number of aryl methyl sites for hydroxylation is 1. The van der Waals surface area contributed by atoms with E-state index in [9.17, 15) is 14.0 Å². The Bertz CT molecular complexity index is 750. The fourth-order valence-electron chi connectivity index (χ4n) is 2.22. The molecule has 1 fully saturated rings. The number of nitrogens with one attached hydrogen (secondary N) is 1. The maximum absolute atomic E-state index is 13.7. The van der Waals surface area contributed by atoms with Crippen molar-refractivity contribution in [2.75, 3.05) is 10.2 Å². The van der Waals surface area contributed by atoms with E-state index in [1.165, 1.54) is 12.1 Å². The third-order valence-electron chi connectivity index (χ3n) is 3.27. The largest absolute Gasteiger partial charge is 0.363 e. The Morgan fingerprint density at radius 3 is 2.64 bits per heavy atom. The van der Waals surface area contributed by atoms with Crippen LogP contribution in [0.25, 0.3) is 0 Å². The van der Waals surface area contributed by atoms with Gasteiger partial charge in [-0.2, -0.15) is 0 Å². The minimum absolute atomic E-state index is 0.201. The first-order chi connectivity index (χ1) is 10.6. The van der Waals surface area contributed by atoms with Crippen molar-refractivity contribution in [3.05, 3.63) is 59.9 Å². The molecular weight excluding hydrogens is 303 g/mol. The summed E-state index contributed by atoms with van der Waals surface area (Å²) in [4.78, 5) is 25.7. The van der Waals surface area contributed by atoms with Crippen LogP contribution in [0.4, 0.5) is 20.6 Å². The third kappa shape index (κ3) is 2.69. The lowest BCUT2D eigenvalue weighted by molar-refractivity contribution is -0.116. The number of hydrogen-bond donors (Lipinski definition) is 1. The molecule has 4 nitrogen and oxygen atoms in total. The zero-order valence-corrected chi connectivity index (χ0v) is 12.6. The second kappa shape index (κ2) is 5.81. The zero-order chi connectivity index (χ0) is 15.7. The van der Waals surface area contributed by atoms with Crippen LogP contribution in [0.1, 0.15) is 5.56 Å². The maximum atomic E-state index is 13.7. The number of nitrogens with zero attached hydrogens (tertiary/aromatic N) is 1. The summed E-state index contributed by atoms with van der Waals surface area (Å²) in [5, 5.41) is 1.58. The van der Waals surface area contributed by atoms with Gasteiger partial charge in [-0.3, -0.25) is 9.59 Å². The van der Waals surface area contributed by atoms with Crippen molar-refractivity contribution in [2.24, 2.45) is 0 Å². The van der Waals surface area contributed by atoms with Crippen molar-refractivity contribution in [1.82, 2.24) is 0 Å². The fourth-order valence-corrected chi connectivity index (χ4v) is 3.12. The second-order valence-electron chi connectivity index (χ2n) is 4.90. The molecule has 0 spiro atoms. The predicted octanol–water partition coefficient (Wildman–Crippen LogP) is 3.77. The lowest BCUT2D eigenvalue weighted by Gasteiger charge is -2.15. The average Bonchev–Trinajstić information content (AvgIpc) is 2.76. The lowest BCUT2D eigenvalue weighted by Crippen LogP contribution is -2.34. The van der Waals surface area contributed by atoms with Crippen LogP contribution < -0.4 is 10.2 Å². The molecular formula is C16H13FN2O2S. The molecule has 1 N–H and O–H groups in total. The molecule has 0 bridgehead atoms. The first kappa shape index (κ1) is 14.6. The van der Waals surface area contributed by atoms with Crippen LogP contribution in [0.3, 0.4) is 0 Å². The summed E-state index contributed by atoms with van der Waals surface area (Å²) in [5.74, 6) is -0.860. The monoisotopic (exact) mass is 316 g/mol. The summed E-state index contributed by atoms with van der Waals surface area (Å²) in [6.45, 7) is 1.89. The molecule has 1 heterocycles. The Hall–Kier alpha value is -2.34. The number of halogens is 1. The van der Waals surface area contributed by atoms with Gasteiger partial charge in [0.15, 0.2) is 5.37 Å². The number of amides is 2. The highest BCUT2D eigenvalue weighted by molar-refractivity contribution is 8.16. The van der Waals surface area contributed by atoms with Gasteiger partial charge in [0.05, 0.1) is 11.4 Å². The van der Waals surface area contributed by atoms with Gasteiger partial charge in [0.25, 0.3) is 11.1 Å². The van der Waals surface area contributed by atoms with E-state index in [4.69, 9.17) is 0 Å². The minimum atomic E-state index is -0.829. The lowest BCUT2D eigenvalue weighted by atomic mass is 10.2. The Balaban J connectivity index is 1.84. The van der Waals surface area contributed by atoms with Crippen molar-refractivity contribution in [3.63, 3.8) is 0 Å². The molecule has 1 atom stereocenters. The number of carbonyl (C=O) groups excluding carboxylic acids is 2. The molecule has 0 radical (unpaired) electrons. The topological polar surface area (TPSA) is 49.4 Å². The van der Waals surface area contributed by atoms with Crippen LogP contribution in [-0.4, -0.2) is 16.5 Å². The number of hydrogen-bond acceptors (Lipinski definition) is 4. The fraction of sp³-hybridized carbons (Fsp3) is 0.125. The zero-order valence-electron chi connectivity index (χ0n) is 11.7. The van der Waals surface area contributed by atoms with E-state index in [0.717, 1.165) is 22.2 Å². The molecule has 0 saturated carbocycles. The van der Waals surface area contributed by atoms with Crippen molar-refractivity contribution < 1.29 is 14.0 Å². The van der Waals surface area contributed by atoms with E-state index < -0.39 is 17.1 Å². The SMILES string of the molecule is Cc1cccc(N2C(=O)S[C@H](Nc3ccccc3F)C2=O)c1. The molecule has 1 aliphatic heterocycles. The van der Waals surface area contributed by atoms with Crippen LogP contribution in [0.2, 0.25) is 0 Å². The molecule has 1 saturated heterocycles. The highest BCUT2D eigenvalue weighted by Crippen LogP contribution is 2.33. The predicted molar refractivity (Wildman–Crippen MR) is 85.5 cm³/mol. The van der Waals surface area contributed by atoms with E-state index in [1.54, 1.807) is 30.3 Å². The summed E-state index contributed by atoms with van der Waals surface area (Å²) in [7, 11) is 0. The van der Waals surface area contributed by atoms with Gasteiger partial charge in [0.1, 0.15) is 5.82 Å². The second-order valence-corrected chi connectivity index (χ2v) is 5.96. The van der Waals surface area contributed by atoms with Gasteiger partial charge in [-0.1, -0.05) is 24.3 Å². The number of benzene rings is 2. The first-order valence-electron chi connectivity index (χ1n) is 6.68. The number of thioether (sulfide) groups is 1. The molecule has 0 unspecified atom stereocenters. The van der Waals surface area contributed by atoms with Crippen LogP contribution in [0.15, 0.2) is 48.5 Å². The van der Waals surface area contributed by atoms with Gasteiger partial charge in [-0.05, 0) is 48.5 Å². The normalized spacial score (nSPS) is 17.9. The summed E-state index contributed by atoms with van der Waals surface area (Å²) >= 11 is 0.846. The van der Waals surface area contributed by atoms with E-state index in [1.807, 2.05) is 13.0 Å². The van der Waals surface area contributed by atoms with Gasteiger partial charge < -0.3 is 5.32 Å². The molecule has 3 rings (SSSR count). The molecule has 22 heavy (non-hydrogen) atoms.